The van der Waals surface area contributed by atoms with Gasteiger partial charge in [0.25, 0.3) is 5.69 Å². The molecule has 1 amide bonds. The molecule has 0 aromatic heterocycles. The predicted octanol–water partition coefficient (Wildman–Crippen LogP) is 0.517. The summed E-state index contributed by atoms with van der Waals surface area (Å²) in [5, 5.41) is 13.1. The lowest BCUT2D eigenvalue weighted by atomic mass is 10.2. The van der Waals surface area contributed by atoms with Gasteiger partial charge in [-0.05, 0) is 6.07 Å². The summed E-state index contributed by atoms with van der Waals surface area (Å²) < 4.78 is 9.96. The molecule has 0 fully saturated rings. The summed E-state index contributed by atoms with van der Waals surface area (Å²) in [5.74, 6) is -0.106. The first kappa shape index (κ1) is 14.9. The molecule has 8 heteroatoms. The third kappa shape index (κ3) is 4.53. The fraction of sp³-hybridized carbons (Fsp3) is 0.364. The summed E-state index contributed by atoms with van der Waals surface area (Å²) in [6.45, 7) is 0.399. The summed E-state index contributed by atoms with van der Waals surface area (Å²) in [5.41, 5.74) is 5.30. The van der Waals surface area contributed by atoms with Crippen molar-refractivity contribution in [3.63, 3.8) is 0 Å². The number of benzene rings is 1. The Morgan fingerprint density at radius 2 is 2.26 bits per heavy atom. The number of nitrogens with one attached hydrogen (secondary N) is 1. The molecule has 0 atom stereocenters. The fourth-order valence-corrected chi connectivity index (χ4v) is 1.34. The third-order valence-electron chi connectivity index (χ3n) is 2.16. The van der Waals surface area contributed by atoms with Crippen molar-refractivity contribution in [2.45, 2.75) is 0 Å². The third-order valence-corrected chi connectivity index (χ3v) is 2.16. The smallest absolute Gasteiger partial charge is 0.271 e. The summed E-state index contributed by atoms with van der Waals surface area (Å²) in [6.07, 6.45) is 0. The average Bonchev–Trinajstić information content (AvgIpc) is 2.38. The first-order valence-corrected chi connectivity index (χ1v) is 5.48. The maximum absolute atomic E-state index is 11.5. The zero-order valence-electron chi connectivity index (χ0n) is 10.4. The molecule has 0 saturated carbocycles. The molecule has 0 aliphatic heterocycles. The maximum Gasteiger partial charge on any atom is 0.271 e. The van der Waals surface area contributed by atoms with E-state index in [0.717, 1.165) is 0 Å². The number of hydrogen-bond donors (Lipinski definition) is 2. The summed E-state index contributed by atoms with van der Waals surface area (Å²) >= 11 is 0. The Balaban J connectivity index is 2.77. The molecule has 1 aromatic rings. The van der Waals surface area contributed by atoms with Crippen molar-refractivity contribution in [1.29, 1.82) is 0 Å². The molecule has 0 aliphatic rings. The summed E-state index contributed by atoms with van der Waals surface area (Å²) in [7, 11) is 1.40. The maximum atomic E-state index is 11.5. The van der Waals surface area contributed by atoms with Crippen LogP contribution in [0.5, 0.6) is 5.75 Å². The standard InChI is InChI=1S/C11H15N3O5/c1-18-10-3-2-8(14(16)17)6-9(10)13-11(15)7-19-5-4-12/h2-3,6H,4-5,7,12H2,1H3,(H,13,15). The Bertz CT molecular complexity index is 464. The minimum atomic E-state index is -0.556. The molecular formula is C11H15N3O5. The van der Waals surface area contributed by atoms with Gasteiger partial charge < -0.3 is 20.5 Å². The van der Waals surface area contributed by atoms with E-state index in [-0.39, 0.29) is 24.6 Å². The number of hydrogen-bond acceptors (Lipinski definition) is 6. The number of methoxy groups -OCH3 is 1. The Labute approximate surface area is 109 Å². The van der Waals surface area contributed by atoms with Gasteiger partial charge in [-0.1, -0.05) is 0 Å². The molecule has 3 N–H and O–H groups in total. The van der Waals surface area contributed by atoms with Crippen LogP contribution in [-0.2, 0) is 9.53 Å². The number of anilines is 1. The monoisotopic (exact) mass is 269 g/mol. The number of nitrogens with zero attached hydrogens (tertiary/aromatic N) is 1. The average molecular weight is 269 g/mol. The number of rotatable bonds is 7. The number of non-ortho nitro benzene ring substituents is 1. The second-order valence-corrected chi connectivity index (χ2v) is 3.53. The van der Waals surface area contributed by atoms with Gasteiger partial charge in [-0.25, -0.2) is 0 Å². The Morgan fingerprint density at radius 1 is 1.53 bits per heavy atom. The van der Waals surface area contributed by atoms with Crippen LogP contribution in [0.3, 0.4) is 0 Å². The predicted molar refractivity (Wildman–Crippen MR) is 68.2 cm³/mol. The van der Waals surface area contributed by atoms with E-state index in [1.165, 1.54) is 25.3 Å². The van der Waals surface area contributed by atoms with Gasteiger partial charge in [0.2, 0.25) is 5.91 Å². The SMILES string of the molecule is COc1ccc([N+](=O)[O-])cc1NC(=O)COCCN. The fourth-order valence-electron chi connectivity index (χ4n) is 1.34. The van der Waals surface area contributed by atoms with Crippen LogP contribution in [0.1, 0.15) is 0 Å². The highest BCUT2D eigenvalue weighted by atomic mass is 16.6. The number of amides is 1. The van der Waals surface area contributed by atoms with Gasteiger partial charge >= 0.3 is 0 Å². The number of carbonyl (C=O) groups is 1. The van der Waals surface area contributed by atoms with E-state index in [9.17, 15) is 14.9 Å². The van der Waals surface area contributed by atoms with Gasteiger partial charge in [0.1, 0.15) is 12.4 Å². The van der Waals surface area contributed by atoms with Gasteiger partial charge in [0.15, 0.2) is 0 Å². The van der Waals surface area contributed by atoms with Gasteiger partial charge in [-0.3, -0.25) is 14.9 Å². The lowest BCUT2D eigenvalue weighted by Crippen LogP contribution is -2.21. The van der Waals surface area contributed by atoms with Crippen LogP contribution < -0.4 is 15.8 Å². The van der Waals surface area contributed by atoms with Gasteiger partial charge in [0, 0.05) is 18.7 Å². The zero-order chi connectivity index (χ0) is 14.3. The molecule has 0 aliphatic carbocycles. The molecule has 0 spiro atoms. The van der Waals surface area contributed by atoms with Crippen molar-refractivity contribution in [1.82, 2.24) is 0 Å². The molecule has 19 heavy (non-hydrogen) atoms. The van der Waals surface area contributed by atoms with Crippen molar-refractivity contribution in [3.05, 3.63) is 28.3 Å². The van der Waals surface area contributed by atoms with Crippen LogP contribution in [0.25, 0.3) is 0 Å². The molecule has 0 bridgehead atoms. The normalized spacial score (nSPS) is 10.0. The minimum Gasteiger partial charge on any atom is -0.495 e. The van der Waals surface area contributed by atoms with Gasteiger partial charge in [-0.15, -0.1) is 0 Å². The Kier molecular flexibility index (Phi) is 5.71. The largest absolute Gasteiger partial charge is 0.495 e. The van der Waals surface area contributed by atoms with Crippen molar-refractivity contribution >= 4 is 17.3 Å². The van der Waals surface area contributed by atoms with E-state index in [2.05, 4.69) is 5.32 Å². The second-order valence-electron chi connectivity index (χ2n) is 3.53. The van der Waals surface area contributed by atoms with Crippen LogP contribution in [0.2, 0.25) is 0 Å². The molecule has 8 nitrogen and oxygen atoms in total. The number of nitro groups is 1. The highest BCUT2D eigenvalue weighted by molar-refractivity contribution is 5.93. The molecule has 0 heterocycles. The molecule has 1 rings (SSSR count). The number of nitrogens with two attached hydrogens (primary N) is 1. The molecule has 104 valence electrons. The van der Waals surface area contributed by atoms with E-state index in [1.54, 1.807) is 0 Å². The molecular weight excluding hydrogens is 254 g/mol. The Hall–Kier alpha value is -2.19. The van der Waals surface area contributed by atoms with E-state index in [1.807, 2.05) is 0 Å². The molecule has 1 aromatic carbocycles. The highest BCUT2D eigenvalue weighted by Crippen LogP contribution is 2.28. The first-order chi connectivity index (χ1) is 9.08. The summed E-state index contributed by atoms with van der Waals surface area (Å²) in [6, 6.07) is 3.92. The van der Waals surface area contributed by atoms with Crippen LogP contribution in [0, 0.1) is 10.1 Å². The first-order valence-electron chi connectivity index (χ1n) is 5.48. The second kappa shape index (κ2) is 7.29. The highest BCUT2D eigenvalue weighted by Gasteiger charge is 2.13. The topological polar surface area (TPSA) is 117 Å². The van der Waals surface area contributed by atoms with E-state index >= 15 is 0 Å². The van der Waals surface area contributed by atoms with Crippen LogP contribution in [0.4, 0.5) is 11.4 Å². The quantitative estimate of drug-likeness (QED) is 0.423. The van der Waals surface area contributed by atoms with Crippen molar-refractivity contribution in [3.8, 4) is 5.75 Å². The minimum absolute atomic E-state index is 0.140. The van der Waals surface area contributed by atoms with E-state index in [0.29, 0.717) is 12.3 Å². The number of carbonyl (C=O) groups excluding carboxylic acids is 1. The summed E-state index contributed by atoms with van der Waals surface area (Å²) in [4.78, 5) is 21.6. The lowest BCUT2D eigenvalue weighted by molar-refractivity contribution is -0.384. The number of ether oxygens (including phenoxy) is 2. The van der Waals surface area contributed by atoms with E-state index < -0.39 is 10.8 Å². The lowest BCUT2D eigenvalue weighted by Gasteiger charge is -2.10. The van der Waals surface area contributed by atoms with Gasteiger partial charge in [-0.2, -0.15) is 0 Å². The van der Waals surface area contributed by atoms with E-state index in [4.69, 9.17) is 15.2 Å². The molecule has 0 radical (unpaired) electrons. The van der Waals surface area contributed by atoms with Gasteiger partial charge in [0.05, 0.1) is 24.3 Å². The Morgan fingerprint density at radius 3 is 2.84 bits per heavy atom. The van der Waals surface area contributed by atoms with Crippen LogP contribution in [-0.4, -0.2) is 37.7 Å². The van der Waals surface area contributed by atoms with Crippen LogP contribution >= 0.6 is 0 Å². The molecule has 0 saturated heterocycles. The molecule has 0 unspecified atom stereocenters. The van der Waals surface area contributed by atoms with Crippen molar-refractivity contribution in [2.75, 3.05) is 32.2 Å². The van der Waals surface area contributed by atoms with Crippen molar-refractivity contribution in [2.24, 2.45) is 5.73 Å². The zero-order valence-corrected chi connectivity index (χ0v) is 10.4. The van der Waals surface area contributed by atoms with Crippen molar-refractivity contribution < 1.29 is 19.2 Å². The number of nitro benzene ring substituents is 1. The van der Waals surface area contributed by atoms with Crippen LogP contribution in [0.15, 0.2) is 18.2 Å².